The molecule has 184 valence electrons. The Bertz CT molecular complexity index is 643. The average molecular weight is 486 g/mol. The predicted molar refractivity (Wildman–Crippen MR) is 133 cm³/mol. The molecule has 0 aromatic carbocycles. The zero-order chi connectivity index (χ0) is 22.1. The summed E-state index contributed by atoms with van der Waals surface area (Å²) in [5.74, 6) is 1.42. The molecule has 5 nitrogen and oxygen atoms in total. The molecule has 6 atom stereocenters. The lowest BCUT2D eigenvalue weighted by Crippen LogP contribution is -2.49. The molecule has 0 aromatic rings. The molecule has 32 heavy (non-hydrogen) atoms. The fourth-order valence-electron chi connectivity index (χ4n) is 7.78. The van der Waals surface area contributed by atoms with Crippen LogP contribution >= 0.6 is 14.8 Å². The van der Waals surface area contributed by atoms with Crippen molar-refractivity contribution < 1.29 is 18.5 Å². The van der Waals surface area contributed by atoms with Crippen LogP contribution in [0.4, 0.5) is 0 Å². The van der Waals surface area contributed by atoms with Crippen molar-refractivity contribution >= 4 is 14.8 Å². The lowest BCUT2D eigenvalue weighted by molar-refractivity contribution is -0.0808. The Kier molecular flexibility index (Phi) is 8.04. The van der Waals surface area contributed by atoms with Gasteiger partial charge in [0.1, 0.15) is 0 Å². The Balaban J connectivity index is 1.54. The lowest BCUT2D eigenvalue weighted by atomic mass is 9.68. The molecule has 6 unspecified atom stereocenters. The standard InChI is InChI=1S/C25H45NO4P2/c1-26-32(29-21-14-8-10-18-11-9-15-22(30-32)25(18)21)31(23-16-6-4-12-19(23)27-2)24-17-7-5-13-20(24)28-3/h18-25H,4-17H2,1-3H3. The highest BCUT2D eigenvalue weighted by molar-refractivity contribution is 8.30. The minimum atomic E-state index is -2.34. The van der Waals surface area contributed by atoms with Crippen molar-refractivity contribution in [1.82, 2.24) is 0 Å². The molecule has 7 heteroatoms. The molecule has 0 radical (unpaired) electrons. The van der Waals surface area contributed by atoms with E-state index >= 15 is 0 Å². The number of hydrogen-bond acceptors (Lipinski definition) is 5. The minimum Gasteiger partial charge on any atom is -0.381 e. The van der Waals surface area contributed by atoms with Gasteiger partial charge in [-0.3, -0.25) is 4.74 Å². The number of hydrogen-bond donors (Lipinski definition) is 0. The second-order valence-corrected chi connectivity index (χ2v) is 17.6. The van der Waals surface area contributed by atoms with E-state index in [2.05, 4.69) is 0 Å². The zero-order valence-corrected chi connectivity index (χ0v) is 22.3. The summed E-state index contributed by atoms with van der Waals surface area (Å²) in [5, 5.41) is 0. The summed E-state index contributed by atoms with van der Waals surface area (Å²) in [6.07, 6.45) is 19.1. The third kappa shape index (κ3) is 4.42. The largest absolute Gasteiger partial charge is 0.381 e. The van der Waals surface area contributed by atoms with Gasteiger partial charge >= 0.3 is 0 Å². The van der Waals surface area contributed by atoms with Crippen LogP contribution in [-0.4, -0.2) is 57.0 Å². The van der Waals surface area contributed by atoms with E-state index in [9.17, 15) is 0 Å². The SMILES string of the molecule is CN=P1(P(C2CCCCC2OC)C2CCCCC2OC)OC2CCCC3CCCC(O1)C32. The molecule has 5 rings (SSSR count). The van der Waals surface area contributed by atoms with Gasteiger partial charge in [-0.15, -0.1) is 0 Å². The highest BCUT2D eigenvalue weighted by Crippen LogP contribution is 2.87. The average Bonchev–Trinajstić information content (AvgIpc) is 2.85. The first-order chi connectivity index (χ1) is 15.7. The van der Waals surface area contributed by atoms with Gasteiger partial charge in [0, 0.05) is 46.1 Å². The van der Waals surface area contributed by atoms with Crippen molar-refractivity contribution in [2.45, 2.75) is 126 Å². The summed E-state index contributed by atoms with van der Waals surface area (Å²) in [6.45, 7) is 0. The van der Waals surface area contributed by atoms with E-state index in [0.29, 0.717) is 41.7 Å². The number of nitrogens with zero attached hydrogens (tertiary/aromatic N) is 1. The summed E-state index contributed by atoms with van der Waals surface area (Å²) in [7, 11) is 2.92. The fraction of sp³-hybridized carbons (Fsp3) is 1.00. The molecule has 1 heterocycles. The highest BCUT2D eigenvalue weighted by Gasteiger charge is 2.56. The molecule has 4 aliphatic carbocycles. The third-order valence-corrected chi connectivity index (χ3v) is 18.6. The van der Waals surface area contributed by atoms with Crippen molar-refractivity contribution in [2.24, 2.45) is 16.6 Å². The van der Waals surface area contributed by atoms with E-state index in [0.717, 1.165) is 5.92 Å². The maximum absolute atomic E-state index is 7.26. The van der Waals surface area contributed by atoms with Gasteiger partial charge in [0.25, 0.3) is 0 Å². The van der Waals surface area contributed by atoms with Crippen LogP contribution in [0.1, 0.15) is 89.9 Å². The van der Waals surface area contributed by atoms with Gasteiger partial charge in [0.15, 0.2) is 0 Å². The Morgan fingerprint density at radius 3 is 1.66 bits per heavy atom. The van der Waals surface area contributed by atoms with E-state index in [1.54, 1.807) is 0 Å². The maximum Gasteiger partial charge on any atom is 0.234 e. The van der Waals surface area contributed by atoms with E-state index in [-0.39, 0.29) is 0 Å². The monoisotopic (exact) mass is 485 g/mol. The smallest absolute Gasteiger partial charge is 0.234 e. The van der Waals surface area contributed by atoms with Crippen LogP contribution in [0.25, 0.3) is 0 Å². The molecular formula is C25H45NO4P2. The molecule has 0 aromatic heterocycles. The Morgan fingerprint density at radius 2 is 1.19 bits per heavy atom. The normalized spacial score (nSPS) is 48.0. The van der Waals surface area contributed by atoms with Crippen LogP contribution in [0.5, 0.6) is 0 Å². The molecule has 4 saturated carbocycles. The molecule has 0 N–H and O–H groups in total. The Hall–Kier alpha value is 0.500. The van der Waals surface area contributed by atoms with Crippen molar-refractivity contribution in [3.63, 3.8) is 0 Å². The fourth-order valence-corrected chi connectivity index (χ4v) is 18.8. The molecule has 5 aliphatic rings. The van der Waals surface area contributed by atoms with Crippen LogP contribution < -0.4 is 0 Å². The van der Waals surface area contributed by atoms with Crippen LogP contribution in [-0.2, 0) is 18.5 Å². The predicted octanol–water partition coefficient (Wildman–Crippen LogP) is 7.34. The molecule has 0 bridgehead atoms. The summed E-state index contributed by atoms with van der Waals surface area (Å²) in [6, 6.07) is 0. The minimum absolute atomic E-state index is 0.323. The van der Waals surface area contributed by atoms with E-state index in [1.165, 1.54) is 89.9 Å². The quantitative estimate of drug-likeness (QED) is 0.382. The first-order valence-corrected chi connectivity index (χ1v) is 17.2. The van der Waals surface area contributed by atoms with Crippen LogP contribution in [0.3, 0.4) is 0 Å². The van der Waals surface area contributed by atoms with Crippen LogP contribution in [0.2, 0.25) is 0 Å². The zero-order valence-electron chi connectivity index (χ0n) is 20.5. The molecule has 5 fully saturated rings. The van der Waals surface area contributed by atoms with Crippen LogP contribution in [0.15, 0.2) is 4.74 Å². The van der Waals surface area contributed by atoms with Gasteiger partial charge in [-0.1, -0.05) is 38.5 Å². The van der Waals surface area contributed by atoms with E-state index in [4.69, 9.17) is 23.3 Å². The van der Waals surface area contributed by atoms with Gasteiger partial charge in [-0.25, -0.2) is 0 Å². The van der Waals surface area contributed by atoms with Crippen LogP contribution in [0, 0.1) is 11.8 Å². The second kappa shape index (κ2) is 10.6. The van der Waals surface area contributed by atoms with Crippen molar-refractivity contribution in [3.8, 4) is 0 Å². The van der Waals surface area contributed by atoms with E-state index < -0.39 is 14.8 Å². The van der Waals surface area contributed by atoms with Gasteiger partial charge in [0.05, 0.1) is 24.4 Å². The number of methoxy groups -OCH3 is 2. The van der Waals surface area contributed by atoms with Gasteiger partial charge < -0.3 is 18.5 Å². The van der Waals surface area contributed by atoms with Crippen molar-refractivity contribution in [3.05, 3.63) is 0 Å². The van der Waals surface area contributed by atoms with Gasteiger partial charge in [-0.2, -0.15) is 0 Å². The number of rotatable bonds is 5. The van der Waals surface area contributed by atoms with Crippen molar-refractivity contribution in [1.29, 1.82) is 0 Å². The Labute approximate surface area is 196 Å². The van der Waals surface area contributed by atoms with Gasteiger partial charge in [0.2, 0.25) is 7.20 Å². The summed E-state index contributed by atoms with van der Waals surface area (Å²) >= 11 is 0. The Morgan fingerprint density at radius 1 is 0.688 bits per heavy atom. The van der Waals surface area contributed by atoms with Crippen molar-refractivity contribution in [2.75, 3.05) is 21.3 Å². The summed E-state index contributed by atoms with van der Waals surface area (Å²) in [4.78, 5) is 0. The summed E-state index contributed by atoms with van der Waals surface area (Å²) < 4.78 is 32.0. The second-order valence-electron chi connectivity index (χ2n) is 10.8. The first kappa shape index (κ1) is 24.2. The summed E-state index contributed by atoms with van der Waals surface area (Å²) in [5.41, 5.74) is 1.06. The third-order valence-electron chi connectivity index (χ3n) is 9.24. The highest BCUT2D eigenvalue weighted by atomic mass is 32.1. The number of ether oxygens (including phenoxy) is 2. The topological polar surface area (TPSA) is 49.3 Å². The van der Waals surface area contributed by atoms with Gasteiger partial charge in [-0.05, 0) is 57.3 Å². The molecule has 1 saturated heterocycles. The molecule has 0 spiro atoms. The molecule has 1 aliphatic heterocycles. The molecular weight excluding hydrogens is 440 g/mol. The van der Waals surface area contributed by atoms with E-state index in [1.807, 2.05) is 21.3 Å². The maximum atomic E-state index is 7.26. The molecule has 0 amide bonds. The first-order valence-electron chi connectivity index (χ1n) is 13.4. The lowest BCUT2D eigenvalue weighted by Gasteiger charge is -2.56.